The number of hydrogen-bond donors (Lipinski definition) is 1. The van der Waals surface area contributed by atoms with Crippen LogP contribution in [0.25, 0.3) is 0 Å². The van der Waals surface area contributed by atoms with Crippen molar-refractivity contribution >= 4 is 5.91 Å². The molecular weight excluding hydrogens is 228 g/mol. The minimum Gasteiger partial charge on any atom is -0.481 e. The van der Waals surface area contributed by atoms with Gasteiger partial charge in [0.1, 0.15) is 5.75 Å². The summed E-state index contributed by atoms with van der Waals surface area (Å²) in [7, 11) is 0. The van der Waals surface area contributed by atoms with Gasteiger partial charge in [-0.05, 0) is 19.1 Å². The summed E-state index contributed by atoms with van der Waals surface area (Å²) in [6, 6.07) is 3.10. The van der Waals surface area contributed by atoms with Crippen molar-refractivity contribution in [1.82, 2.24) is 5.32 Å². The monoisotopic (exact) mass is 241 g/mol. The SMILES string of the molecule is C=CCNC(=O)C(C)Oc1ccc(F)c(F)c1. The summed E-state index contributed by atoms with van der Waals surface area (Å²) in [5.41, 5.74) is 0. The second-order valence-electron chi connectivity index (χ2n) is 3.37. The number of amides is 1. The first-order valence-electron chi connectivity index (χ1n) is 5.05. The van der Waals surface area contributed by atoms with E-state index in [1.807, 2.05) is 0 Å². The van der Waals surface area contributed by atoms with Crippen molar-refractivity contribution in [1.29, 1.82) is 0 Å². The molecule has 1 rings (SSSR count). The Hall–Kier alpha value is -1.91. The van der Waals surface area contributed by atoms with Crippen LogP contribution in [0.1, 0.15) is 6.92 Å². The number of benzene rings is 1. The van der Waals surface area contributed by atoms with Crippen LogP contribution < -0.4 is 10.1 Å². The summed E-state index contributed by atoms with van der Waals surface area (Å²) in [5, 5.41) is 2.53. The highest BCUT2D eigenvalue weighted by atomic mass is 19.2. The van der Waals surface area contributed by atoms with Gasteiger partial charge in [0, 0.05) is 12.6 Å². The van der Waals surface area contributed by atoms with Gasteiger partial charge in [-0.1, -0.05) is 6.08 Å². The summed E-state index contributed by atoms with van der Waals surface area (Å²) < 4.78 is 30.7. The van der Waals surface area contributed by atoms with Crippen LogP contribution in [0.2, 0.25) is 0 Å². The molecule has 0 aromatic heterocycles. The number of nitrogens with one attached hydrogen (secondary N) is 1. The molecule has 17 heavy (non-hydrogen) atoms. The van der Waals surface area contributed by atoms with Gasteiger partial charge < -0.3 is 10.1 Å². The van der Waals surface area contributed by atoms with E-state index in [4.69, 9.17) is 4.74 Å². The molecule has 1 aromatic rings. The third-order valence-electron chi connectivity index (χ3n) is 1.99. The number of carbonyl (C=O) groups is 1. The Morgan fingerprint density at radius 3 is 2.82 bits per heavy atom. The van der Waals surface area contributed by atoms with Gasteiger partial charge in [0.25, 0.3) is 5.91 Å². The summed E-state index contributed by atoms with van der Waals surface area (Å²) in [4.78, 5) is 11.4. The van der Waals surface area contributed by atoms with Crippen molar-refractivity contribution in [2.45, 2.75) is 13.0 Å². The number of rotatable bonds is 5. The molecule has 0 saturated heterocycles. The molecule has 1 atom stereocenters. The van der Waals surface area contributed by atoms with E-state index in [1.54, 1.807) is 0 Å². The summed E-state index contributed by atoms with van der Waals surface area (Å²) >= 11 is 0. The lowest BCUT2D eigenvalue weighted by molar-refractivity contribution is -0.127. The number of carbonyl (C=O) groups excluding carboxylic acids is 1. The maximum atomic E-state index is 12.9. The molecule has 0 heterocycles. The zero-order valence-electron chi connectivity index (χ0n) is 9.37. The van der Waals surface area contributed by atoms with E-state index in [0.29, 0.717) is 6.54 Å². The predicted molar refractivity (Wildman–Crippen MR) is 59.7 cm³/mol. The molecule has 0 aliphatic carbocycles. The van der Waals surface area contributed by atoms with Gasteiger partial charge in [0.05, 0.1) is 0 Å². The maximum Gasteiger partial charge on any atom is 0.261 e. The first kappa shape index (κ1) is 13.2. The third-order valence-corrected chi connectivity index (χ3v) is 1.99. The van der Waals surface area contributed by atoms with Gasteiger partial charge in [-0.15, -0.1) is 6.58 Å². The smallest absolute Gasteiger partial charge is 0.261 e. The topological polar surface area (TPSA) is 38.3 Å². The molecule has 0 aliphatic rings. The second-order valence-corrected chi connectivity index (χ2v) is 3.37. The minimum atomic E-state index is -1.01. The van der Waals surface area contributed by atoms with E-state index in [1.165, 1.54) is 19.1 Å². The molecule has 1 N–H and O–H groups in total. The Balaban J connectivity index is 2.61. The average Bonchev–Trinajstić information content (AvgIpc) is 2.30. The quantitative estimate of drug-likeness (QED) is 0.801. The zero-order chi connectivity index (χ0) is 12.8. The fraction of sp³-hybridized carbons (Fsp3) is 0.250. The minimum absolute atomic E-state index is 0.102. The fourth-order valence-electron chi connectivity index (χ4n) is 1.12. The van der Waals surface area contributed by atoms with E-state index < -0.39 is 17.7 Å². The first-order chi connectivity index (χ1) is 8.04. The normalized spacial score (nSPS) is 11.7. The molecule has 1 aromatic carbocycles. The molecule has 0 fully saturated rings. The van der Waals surface area contributed by atoms with Gasteiger partial charge in [-0.25, -0.2) is 8.78 Å². The highest BCUT2D eigenvalue weighted by molar-refractivity contribution is 5.80. The lowest BCUT2D eigenvalue weighted by Crippen LogP contribution is -2.36. The molecule has 0 aliphatic heterocycles. The van der Waals surface area contributed by atoms with Crippen LogP contribution in [0.15, 0.2) is 30.9 Å². The van der Waals surface area contributed by atoms with Crippen LogP contribution in [0.5, 0.6) is 5.75 Å². The molecule has 1 amide bonds. The molecule has 92 valence electrons. The van der Waals surface area contributed by atoms with Crippen molar-refractivity contribution in [3.8, 4) is 5.75 Å². The van der Waals surface area contributed by atoms with Gasteiger partial charge >= 0.3 is 0 Å². The number of ether oxygens (including phenoxy) is 1. The zero-order valence-corrected chi connectivity index (χ0v) is 9.37. The Bertz CT molecular complexity index is 421. The van der Waals surface area contributed by atoms with Crippen molar-refractivity contribution in [3.05, 3.63) is 42.5 Å². The standard InChI is InChI=1S/C12H13F2NO2/c1-3-6-15-12(16)8(2)17-9-4-5-10(13)11(14)7-9/h3-5,7-8H,1,6H2,2H3,(H,15,16). The summed E-state index contributed by atoms with van der Waals surface area (Å²) in [5.74, 6) is -2.22. The van der Waals surface area contributed by atoms with E-state index in [0.717, 1.165) is 12.1 Å². The average molecular weight is 241 g/mol. The van der Waals surface area contributed by atoms with Crippen LogP contribution in [-0.2, 0) is 4.79 Å². The molecular formula is C12H13F2NO2. The fourth-order valence-corrected chi connectivity index (χ4v) is 1.12. The second kappa shape index (κ2) is 5.98. The van der Waals surface area contributed by atoms with E-state index in [2.05, 4.69) is 11.9 Å². The van der Waals surface area contributed by atoms with Crippen LogP contribution in [0.3, 0.4) is 0 Å². The third kappa shape index (κ3) is 3.86. The number of halogens is 2. The van der Waals surface area contributed by atoms with E-state index >= 15 is 0 Å². The molecule has 0 saturated carbocycles. The Kier molecular flexibility index (Phi) is 4.63. The Labute approximate surface area is 98.1 Å². The van der Waals surface area contributed by atoms with Gasteiger partial charge in [0.2, 0.25) is 0 Å². The number of hydrogen-bond acceptors (Lipinski definition) is 2. The van der Waals surface area contributed by atoms with Crippen LogP contribution in [0.4, 0.5) is 8.78 Å². The first-order valence-corrected chi connectivity index (χ1v) is 5.05. The van der Waals surface area contributed by atoms with Gasteiger partial charge in [0.15, 0.2) is 17.7 Å². The Morgan fingerprint density at radius 2 is 2.24 bits per heavy atom. The van der Waals surface area contributed by atoms with Gasteiger partial charge in [-0.2, -0.15) is 0 Å². The lowest BCUT2D eigenvalue weighted by atomic mass is 10.3. The van der Waals surface area contributed by atoms with E-state index in [9.17, 15) is 13.6 Å². The van der Waals surface area contributed by atoms with Crippen LogP contribution >= 0.6 is 0 Å². The molecule has 0 radical (unpaired) electrons. The van der Waals surface area contributed by atoms with E-state index in [-0.39, 0.29) is 11.7 Å². The van der Waals surface area contributed by atoms with Crippen molar-refractivity contribution in [2.24, 2.45) is 0 Å². The van der Waals surface area contributed by atoms with Crippen molar-refractivity contribution in [2.75, 3.05) is 6.54 Å². The largest absolute Gasteiger partial charge is 0.481 e. The molecule has 5 heteroatoms. The highest BCUT2D eigenvalue weighted by Gasteiger charge is 2.14. The molecule has 0 bridgehead atoms. The van der Waals surface area contributed by atoms with Crippen LogP contribution in [-0.4, -0.2) is 18.6 Å². The molecule has 3 nitrogen and oxygen atoms in total. The predicted octanol–water partition coefficient (Wildman–Crippen LogP) is 2.03. The summed E-state index contributed by atoms with van der Waals surface area (Å²) in [6.45, 7) is 5.29. The van der Waals surface area contributed by atoms with Crippen LogP contribution in [0, 0.1) is 11.6 Å². The highest BCUT2D eigenvalue weighted by Crippen LogP contribution is 2.16. The maximum absolute atomic E-state index is 12.9. The molecule has 1 unspecified atom stereocenters. The lowest BCUT2D eigenvalue weighted by Gasteiger charge is -2.14. The summed E-state index contributed by atoms with van der Waals surface area (Å²) in [6.07, 6.45) is 0.738. The van der Waals surface area contributed by atoms with Crippen molar-refractivity contribution in [3.63, 3.8) is 0 Å². The molecule has 0 spiro atoms. The van der Waals surface area contributed by atoms with Gasteiger partial charge in [-0.3, -0.25) is 4.79 Å². The van der Waals surface area contributed by atoms with Crippen molar-refractivity contribution < 1.29 is 18.3 Å². The Morgan fingerprint density at radius 1 is 1.53 bits per heavy atom.